The van der Waals surface area contributed by atoms with Crippen LogP contribution in [0, 0.1) is 0 Å². The average molecular weight is 535 g/mol. The molecule has 0 aliphatic carbocycles. The van der Waals surface area contributed by atoms with Gasteiger partial charge in [-0.15, -0.1) is 0 Å². The Hall–Kier alpha value is -3.40. The number of aliphatic hydroxyl groups excluding tert-OH is 1. The Morgan fingerprint density at radius 2 is 1.90 bits per heavy atom. The summed E-state index contributed by atoms with van der Waals surface area (Å²) in [6, 6.07) is 15.3. The van der Waals surface area contributed by atoms with Crippen LogP contribution in [0.2, 0.25) is 0 Å². The number of aliphatic hydroxyl groups is 1. The monoisotopic (exact) mass is 534 g/mol. The molecule has 4 aromatic rings. The van der Waals surface area contributed by atoms with Gasteiger partial charge in [-0.1, -0.05) is 37.6 Å². The van der Waals surface area contributed by atoms with E-state index in [2.05, 4.69) is 68.5 Å². The molecule has 0 amide bonds. The number of ether oxygens (including phenoxy) is 2. The zero-order valence-electron chi connectivity index (χ0n) is 23.4. The normalized spacial score (nSPS) is 13.8. The molecule has 1 aliphatic rings. The highest BCUT2D eigenvalue weighted by Gasteiger charge is 2.19. The van der Waals surface area contributed by atoms with E-state index >= 15 is 0 Å². The Morgan fingerprint density at radius 3 is 2.64 bits per heavy atom. The van der Waals surface area contributed by atoms with Gasteiger partial charge in [-0.05, 0) is 49.9 Å². The molecule has 9 nitrogen and oxygen atoms in total. The van der Waals surface area contributed by atoms with Gasteiger partial charge in [-0.25, -0.2) is 4.98 Å². The molecule has 5 rings (SSSR count). The highest BCUT2D eigenvalue weighted by atomic mass is 16.5. The van der Waals surface area contributed by atoms with Crippen LogP contribution in [0.3, 0.4) is 0 Å². The number of hydrogen-bond donors (Lipinski definition) is 4. The van der Waals surface area contributed by atoms with Crippen LogP contribution in [-0.2, 0) is 17.8 Å². The zero-order chi connectivity index (χ0) is 27.6. The van der Waals surface area contributed by atoms with E-state index in [0.717, 1.165) is 91.1 Å². The Bertz CT molecular complexity index is 1350. The van der Waals surface area contributed by atoms with E-state index < -0.39 is 0 Å². The average Bonchev–Trinajstić information content (AvgIpc) is 3.26. The summed E-state index contributed by atoms with van der Waals surface area (Å²) in [7, 11) is 1.73. The molecule has 210 valence electrons. The fraction of sp³-hybridized carbons (Fsp3) is 0.467. The first-order valence-corrected chi connectivity index (χ1v) is 14.0. The highest BCUT2D eigenvalue weighted by molar-refractivity contribution is 6.09. The molecular weight excluding hydrogens is 492 g/mol. The third-order valence-corrected chi connectivity index (χ3v) is 6.93. The Morgan fingerprint density at radius 1 is 1.13 bits per heavy atom. The maximum Gasteiger partial charge on any atom is 0.222 e. The van der Waals surface area contributed by atoms with Gasteiger partial charge in [0.25, 0.3) is 0 Å². The van der Waals surface area contributed by atoms with E-state index in [1.807, 2.05) is 6.07 Å². The number of methoxy groups -OCH3 is 1. The van der Waals surface area contributed by atoms with Crippen LogP contribution in [0.15, 0.2) is 42.5 Å². The van der Waals surface area contributed by atoms with Crippen molar-refractivity contribution in [3.8, 4) is 5.75 Å². The lowest BCUT2D eigenvalue weighted by Crippen LogP contribution is -2.34. The quantitative estimate of drug-likeness (QED) is 0.216. The number of nitrogens with two attached hydrogens (primary N) is 1. The molecule has 2 aromatic heterocycles. The fourth-order valence-corrected chi connectivity index (χ4v) is 5.02. The summed E-state index contributed by atoms with van der Waals surface area (Å²) in [5.41, 5.74) is 11.4. The summed E-state index contributed by atoms with van der Waals surface area (Å²) in [6.45, 7) is 8.06. The van der Waals surface area contributed by atoms with Crippen molar-refractivity contribution in [3.63, 3.8) is 0 Å². The van der Waals surface area contributed by atoms with Crippen molar-refractivity contribution in [1.82, 2.24) is 19.9 Å². The molecule has 3 heterocycles. The molecule has 1 fully saturated rings. The van der Waals surface area contributed by atoms with Gasteiger partial charge in [0, 0.05) is 49.9 Å². The van der Waals surface area contributed by atoms with E-state index in [1.54, 1.807) is 14.0 Å². The van der Waals surface area contributed by atoms with Gasteiger partial charge in [-0.3, -0.25) is 0 Å². The van der Waals surface area contributed by atoms with Crippen molar-refractivity contribution in [3.05, 3.63) is 53.6 Å². The van der Waals surface area contributed by atoms with Gasteiger partial charge >= 0.3 is 0 Å². The molecule has 1 aliphatic heterocycles. The van der Waals surface area contributed by atoms with Crippen LogP contribution in [0.4, 0.5) is 11.8 Å². The smallest absolute Gasteiger partial charge is 0.222 e. The molecule has 5 N–H and O–H groups in total. The van der Waals surface area contributed by atoms with Gasteiger partial charge in [0.2, 0.25) is 5.95 Å². The summed E-state index contributed by atoms with van der Waals surface area (Å²) >= 11 is 0. The highest BCUT2D eigenvalue weighted by Crippen LogP contribution is 2.34. The number of rotatable bonds is 10. The minimum Gasteiger partial charge on any atom is -0.496 e. The van der Waals surface area contributed by atoms with Crippen molar-refractivity contribution < 1.29 is 14.6 Å². The summed E-state index contributed by atoms with van der Waals surface area (Å²) in [6.07, 6.45) is 4.27. The number of nitrogens with one attached hydrogen (secondary N) is 2. The molecule has 0 saturated carbocycles. The van der Waals surface area contributed by atoms with Crippen molar-refractivity contribution in [2.45, 2.75) is 58.7 Å². The van der Waals surface area contributed by atoms with Gasteiger partial charge in [-0.2, -0.15) is 4.98 Å². The number of nitrogens with zero attached hydrogens (tertiary/aromatic N) is 3. The zero-order valence-corrected chi connectivity index (χ0v) is 23.4. The standard InChI is InChI=1S/C28H36N6O2.C2H6O/c1-3-4-13-30-27-26-25(32-28(29)33-27)22-7-5-6-8-23(22)34(26)18-20-16-19(9-10-24(20)35-2)17-31-21-11-14-36-15-12-21;1-2-3/h5-10,16,21,31H,3-4,11-15,17-18H2,1-2H3,(H3,29,30,32,33);3H,2H2,1H3. The van der Waals surface area contributed by atoms with Gasteiger partial charge in [0.1, 0.15) is 16.8 Å². The van der Waals surface area contributed by atoms with Crippen molar-refractivity contribution in [2.24, 2.45) is 0 Å². The maximum absolute atomic E-state index is 7.57. The summed E-state index contributed by atoms with van der Waals surface area (Å²) < 4.78 is 13.6. The van der Waals surface area contributed by atoms with E-state index in [-0.39, 0.29) is 12.6 Å². The Kier molecular flexibility index (Phi) is 10.4. The molecule has 0 spiro atoms. The van der Waals surface area contributed by atoms with Crippen LogP contribution in [0.25, 0.3) is 21.9 Å². The molecule has 2 aromatic carbocycles. The predicted octanol–water partition coefficient (Wildman–Crippen LogP) is 4.70. The summed E-state index contributed by atoms with van der Waals surface area (Å²) in [5.74, 6) is 1.93. The molecule has 0 atom stereocenters. The van der Waals surface area contributed by atoms with Gasteiger partial charge < -0.3 is 35.5 Å². The maximum atomic E-state index is 7.57. The van der Waals surface area contributed by atoms with Crippen LogP contribution in [0.5, 0.6) is 5.75 Å². The first-order chi connectivity index (χ1) is 19.1. The third-order valence-electron chi connectivity index (χ3n) is 6.93. The number of unbranched alkanes of at least 4 members (excludes halogenated alkanes) is 1. The van der Waals surface area contributed by atoms with Gasteiger partial charge in [0.05, 0.1) is 19.2 Å². The van der Waals surface area contributed by atoms with Gasteiger partial charge in [0.15, 0.2) is 5.82 Å². The summed E-state index contributed by atoms with van der Waals surface area (Å²) in [5, 5.41) is 15.8. The number of anilines is 2. The number of benzene rings is 2. The number of nitrogen functional groups attached to an aromatic ring is 1. The molecule has 0 unspecified atom stereocenters. The van der Waals surface area contributed by atoms with E-state index in [4.69, 9.17) is 20.3 Å². The fourth-order valence-electron chi connectivity index (χ4n) is 5.02. The van der Waals surface area contributed by atoms with Crippen LogP contribution in [0.1, 0.15) is 50.7 Å². The second-order valence-corrected chi connectivity index (χ2v) is 9.74. The van der Waals surface area contributed by atoms with Crippen LogP contribution in [-0.4, -0.2) is 59.2 Å². The van der Waals surface area contributed by atoms with E-state index in [9.17, 15) is 0 Å². The molecule has 9 heteroatoms. The molecule has 0 radical (unpaired) electrons. The Labute approximate surface area is 230 Å². The summed E-state index contributed by atoms with van der Waals surface area (Å²) in [4.78, 5) is 9.25. The lowest BCUT2D eigenvalue weighted by atomic mass is 10.1. The largest absolute Gasteiger partial charge is 0.496 e. The van der Waals surface area contributed by atoms with Crippen molar-refractivity contribution >= 4 is 33.7 Å². The van der Waals surface area contributed by atoms with Crippen molar-refractivity contribution in [2.75, 3.05) is 44.5 Å². The number of para-hydroxylation sites is 1. The topological polar surface area (TPSA) is 119 Å². The predicted molar refractivity (Wildman–Crippen MR) is 158 cm³/mol. The van der Waals surface area contributed by atoms with E-state index in [1.165, 1.54) is 5.56 Å². The van der Waals surface area contributed by atoms with E-state index in [0.29, 0.717) is 12.6 Å². The lowest BCUT2D eigenvalue weighted by molar-refractivity contribution is 0.0776. The first kappa shape index (κ1) is 28.6. The SMILES string of the molecule is CCCCNc1nc(N)nc2c3ccccc3n(Cc3cc(CNC4CCOCC4)ccc3OC)c12.CCO. The number of hydrogen-bond acceptors (Lipinski definition) is 8. The van der Waals surface area contributed by atoms with Crippen molar-refractivity contribution in [1.29, 1.82) is 0 Å². The van der Waals surface area contributed by atoms with Crippen LogP contribution < -0.4 is 21.1 Å². The molecule has 1 saturated heterocycles. The molecule has 0 bridgehead atoms. The second-order valence-electron chi connectivity index (χ2n) is 9.74. The second kappa shape index (κ2) is 14.1. The Balaban J connectivity index is 0.00000112. The number of fused-ring (bicyclic) bond motifs is 3. The number of aromatic nitrogens is 3. The molecule has 39 heavy (non-hydrogen) atoms. The lowest BCUT2D eigenvalue weighted by Gasteiger charge is -2.23. The third kappa shape index (κ3) is 6.98. The first-order valence-electron chi connectivity index (χ1n) is 14.0. The van der Waals surface area contributed by atoms with Crippen LogP contribution >= 0.6 is 0 Å². The minimum atomic E-state index is 0.250. The minimum absolute atomic E-state index is 0.250. The molecular formula is C30H42N6O3.